The Morgan fingerprint density at radius 3 is 2.52 bits per heavy atom. The van der Waals surface area contributed by atoms with E-state index in [1.165, 1.54) is 0 Å². The summed E-state index contributed by atoms with van der Waals surface area (Å²) in [5.74, 6) is -0.0668. The van der Waals surface area contributed by atoms with E-state index in [1.54, 1.807) is 42.0 Å². The van der Waals surface area contributed by atoms with Crippen LogP contribution in [-0.4, -0.2) is 31.3 Å². The van der Waals surface area contributed by atoms with E-state index in [0.717, 1.165) is 21.1 Å². The second kappa shape index (κ2) is 8.77. The number of hydrogen-bond acceptors (Lipinski definition) is 4. The van der Waals surface area contributed by atoms with Crippen LogP contribution in [-0.2, 0) is 17.8 Å². The summed E-state index contributed by atoms with van der Waals surface area (Å²) >= 11 is 3.81. The van der Waals surface area contributed by atoms with Crippen LogP contribution in [0, 0.1) is 13.8 Å². The molecular formula is C20H21ClN4O3S. The molecule has 0 radical (unpaired) electrons. The van der Waals surface area contributed by atoms with Crippen molar-refractivity contribution in [1.82, 2.24) is 9.55 Å². The van der Waals surface area contributed by atoms with Crippen LogP contribution in [0.25, 0.3) is 0 Å². The fourth-order valence-corrected chi connectivity index (χ4v) is 3.63. The molecule has 1 amide bonds. The van der Waals surface area contributed by atoms with Crippen LogP contribution < -0.4 is 9.62 Å². The van der Waals surface area contributed by atoms with Crippen LogP contribution in [0.3, 0.4) is 0 Å². The Balaban J connectivity index is 1.89. The maximum Gasteiger partial charge on any atom is 0.292 e. The zero-order valence-corrected chi connectivity index (χ0v) is 17.8. The summed E-state index contributed by atoms with van der Waals surface area (Å²) in [4.78, 5) is 17.2. The molecule has 0 aliphatic carbocycles. The minimum absolute atomic E-state index is 0.0773. The van der Waals surface area contributed by atoms with Gasteiger partial charge in [0.15, 0.2) is 0 Å². The molecule has 0 aliphatic rings. The highest BCUT2D eigenvalue weighted by molar-refractivity contribution is 7.81. The number of rotatable bonds is 6. The lowest BCUT2D eigenvalue weighted by molar-refractivity contribution is 0.100. The minimum Gasteiger partial charge on any atom is -0.388 e. The van der Waals surface area contributed by atoms with E-state index in [-0.39, 0.29) is 5.69 Å². The molecule has 7 nitrogen and oxygen atoms in total. The zero-order chi connectivity index (χ0) is 21.1. The SMILES string of the molecule is CNc1ccc(Cn2cc(C(=O)N(c3ccc(C)cc3)S(=O)O)nc2C)c(Cl)c1. The molecule has 29 heavy (non-hydrogen) atoms. The fourth-order valence-electron chi connectivity index (χ4n) is 2.85. The van der Waals surface area contributed by atoms with Crippen LogP contribution in [0.1, 0.15) is 27.4 Å². The van der Waals surface area contributed by atoms with E-state index < -0.39 is 17.2 Å². The van der Waals surface area contributed by atoms with E-state index in [9.17, 15) is 13.6 Å². The van der Waals surface area contributed by atoms with Gasteiger partial charge >= 0.3 is 0 Å². The first-order valence-corrected chi connectivity index (χ1v) is 10.3. The molecule has 0 fully saturated rings. The Morgan fingerprint density at radius 2 is 1.93 bits per heavy atom. The van der Waals surface area contributed by atoms with Crippen molar-refractivity contribution in [2.45, 2.75) is 20.4 Å². The van der Waals surface area contributed by atoms with Gasteiger partial charge in [-0.2, -0.15) is 0 Å². The molecule has 152 valence electrons. The maximum absolute atomic E-state index is 12.9. The van der Waals surface area contributed by atoms with Gasteiger partial charge in [-0.05, 0) is 43.7 Å². The monoisotopic (exact) mass is 432 g/mol. The standard InChI is InChI=1S/C20H21ClN4O3S/c1-13-4-8-17(9-5-13)25(29(27)28)20(26)19-12-24(14(2)23-19)11-15-6-7-16(22-3)10-18(15)21/h4-10,12,22H,11H2,1-3H3,(H,27,28). The highest BCUT2D eigenvalue weighted by Gasteiger charge is 2.25. The van der Waals surface area contributed by atoms with Crippen molar-refractivity contribution in [3.63, 3.8) is 0 Å². The Bertz CT molecular complexity index is 1070. The van der Waals surface area contributed by atoms with Crippen molar-refractivity contribution in [2.24, 2.45) is 0 Å². The highest BCUT2D eigenvalue weighted by atomic mass is 35.5. The molecule has 1 aromatic heterocycles. The molecule has 0 aliphatic heterocycles. The van der Waals surface area contributed by atoms with Crippen LogP contribution in [0.4, 0.5) is 11.4 Å². The van der Waals surface area contributed by atoms with Gasteiger partial charge in [0.1, 0.15) is 11.5 Å². The second-order valence-corrected chi connectivity index (χ2v) is 7.76. The number of amides is 1. The average Bonchev–Trinajstić information content (AvgIpc) is 3.05. The summed E-state index contributed by atoms with van der Waals surface area (Å²) < 4.78 is 24.1. The number of carbonyl (C=O) groups excluding carboxylic acids is 1. The van der Waals surface area contributed by atoms with Crippen molar-refractivity contribution in [1.29, 1.82) is 0 Å². The summed E-state index contributed by atoms with van der Waals surface area (Å²) in [6.07, 6.45) is 1.56. The molecule has 1 atom stereocenters. The number of halogens is 1. The Kier molecular flexibility index (Phi) is 6.36. The molecule has 0 saturated carbocycles. The quantitative estimate of drug-likeness (QED) is 0.574. The van der Waals surface area contributed by atoms with Gasteiger partial charge in [-0.1, -0.05) is 35.4 Å². The minimum atomic E-state index is -2.53. The van der Waals surface area contributed by atoms with Crippen molar-refractivity contribution < 1.29 is 13.6 Å². The van der Waals surface area contributed by atoms with Crippen molar-refractivity contribution >= 4 is 40.1 Å². The number of aryl methyl sites for hydroxylation is 2. The predicted octanol–water partition coefficient (Wildman–Crippen LogP) is 4.03. The third kappa shape index (κ3) is 4.67. The van der Waals surface area contributed by atoms with Gasteiger partial charge in [-0.25, -0.2) is 13.5 Å². The number of imidazole rings is 1. The number of anilines is 2. The molecule has 1 heterocycles. The van der Waals surface area contributed by atoms with E-state index in [1.807, 2.05) is 32.2 Å². The van der Waals surface area contributed by atoms with E-state index in [2.05, 4.69) is 10.3 Å². The highest BCUT2D eigenvalue weighted by Crippen LogP contribution is 2.23. The molecule has 3 rings (SSSR count). The summed E-state index contributed by atoms with van der Waals surface area (Å²) in [6, 6.07) is 12.4. The second-order valence-electron chi connectivity index (χ2n) is 6.52. The van der Waals surface area contributed by atoms with Crippen LogP contribution >= 0.6 is 11.6 Å². The van der Waals surface area contributed by atoms with Gasteiger partial charge in [0.25, 0.3) is 17.2 Å². The summed E-state index contributed by atoms with van der Waals surface area (Å²) in [6.45, 7) is 4.07. The van der Waals surface area contributed by atoms with E-state index in [4.69, 9.17) is 11.6 Å². The number of aromatic nitrogens is 2. The van der Waals surface area contributed by atoms with Crippen LogP contribution in [0.5, 0.6) is 0 Å². The van der Waals surface area contributed by atoms with Crippen LogP contribution in [0.2, 0.25) is 5.02 Å². The summed E-state index contributed by atoms with van der Waals surface area (Å²) in [5, 5.41) is 3.62. The number of benzene rings is 2. The topological polar surface area (TPSA) is 87.5 Å². The molecule has 1 unspecified atom stereocenters. The van der Waals surface area contributed by atoms with Crippen molar-refractivity contribution in [3.8, 4) is 0 Å². The number of nitrogens with one attached hydrogen (secondary N) is 1. The lowest BCUT2D eigenvalue weighted by Crippen LogP contribution is -2.32. The molecule has 0 saturated heterocycles. The Labute approximate surface area is 176 Å². The molecular weight excluding hydrogens is 412 g/mol. The molecule has 2 aromatic carbocycles. The van der Waals surface area contributed by atoms with Gasteiger partial charge in [0, 0.05) is 24.0 Å². The van der Waals surface area contributed by atoms with Gasteiger partial charge in [-0.15, -0.1) is 0 Å². The Morgan fingerprint density at radius 1 is 1.24 bits per heavy atom. The molecule has 0 spiro atoms. The number of hydrogen-bond donors (Lipinski definition) is 2. The summed E-state index contributed by atoms with van der Waals surface area (Å²) in [7, 11) is 1.81. The van der Waals surface area contributed by atoms with Gasteiger partial charge in [0.2, 0.25) is 0 Å². The third-order valence-electron chi connectivity index (χ3n) is 4.49. The lowest BCUT2D eigenvalue weighted by Gasteiger charge is -2.16. The van der Waals surface area contributed by atoms with E-state index >= 15 is 0 Å². The van der Waals surface area contributed by atoms with Crippen LogP contribution in [0.15, 0.2) is 48.7 Å². The maximum atomic E-state index is 12.9. The first-order valence-electron chi connectivity index (χ1n) is 8.82. The first kappa shape index (κ1) is 21.0. The van der Waals surface area contributed by atoms with Gasteiger partial charge in [0.05, 0.1) is 12.2 Å². The Hall–Kier alpha value is -2.68. The first-order chi connectivity index (χ1) is 13.8. The normalized spacial score (nSPS) is 11.9. The number of carbonyl (C=O) groups is 1. The largest absolute Gasteiger partial charge is 0.388 e. The molecule has 0 bridgehead atoms. The fraction of sp³-hybridized carbons (Fsp3) is 0.200. The molecule has 2 N–H and O–H groups in total. The molecule has 9 heteroatoms. The lowest BCUT2D eigenvalue weighted by atomic mass is 10.2. The average molecular weight is 433 g/mol. The third-order valence-corrected chi connectivity index (χ3v) is 5.53. The smallest absolute Gasteiger partial charge is 0.292 e. The van der Waals surface area contributed by atoms with Gasteiger partial charge < -0.3 is 9.88 Å². The zero-order valence-electron chi connectivity index (χ0n) is 16.2. The van der Waals surface area contributed by atoms with Crippen molar-refractivity contribution in [3.05, 3.63) is 76.3 Å². The van der Waals surface area contributed by atoms with E-state index in [0.29, 0.717) is 23.1 Å². The predicted molar refractivity (Wildman–Crippen MR) is 116 cm³/mol. The molecule has 3 aromatic rings. The number of nitrogens with zero attached hydrogens (tertiary/aromatic N) is 3. The summed E-state index contributed by atoms with van der Waals surface area (Å²) in [5.41, 5.74) is 3.14. The van der Waals surface area contributed by atoms with Gasteiger partial charge in [-0.3, -0.25) is 9.35 Å². The van der Waals surface area contributed by atoms with Crippen molar-refractivity contribution in [2.75, 3.05) is 16.7 Å².